The number of esters is 1. The monoisotopic (exact) mass is 262 g/mol. The molecule has 0 atom stereocenters. The quantitative estimate of drug-likeness (QED) is 0.620. The Labute approximate surface area is 112 Å². The second kappa shape index (κ2) is 6.59. The smallest absolute Gasteiger partial charge is 0.341 e. The summed E-state index contributed by atoms with van der Waals surface area (Å²) in [7, 11) is 1.26. The first-order valence-corrected chi connectivity index (χ1v) is 6.09. The topological polar surface area (TPSA) is 101 Å². The van der Waals surface area contributed by atoms with Gasteiger partial charge in [0.1, 0.15) is 23.0 Å². The molecule has 0 saturated heterocycles. The zero-order chi connectivity index (χ0) is 14.4. The van der Waals surface area contributed by atoms with Gasteiger partial charge < -0.3 is 15.8 Å². The number of nitrogen functional groups attached to an aromatic ring is 1. The fourth-order valence-corrected chi connectivity index (χ4v) is 1.71. The number of nitrogens with one attached hydrogen (secondary N) is 1. The third-order valence-corrected chi connectivity index (χ3v) is 2.74. The van der Waals surface area contributed by atoms with Crippen LogP contribution in [-0.2, 0) is 4.74 Å². The normalized spacial score (nSPS) is 9.79. The summed E-state index contributed by atoms with van der Waals surface area (Å²) in [6.07, 6.45) is 1.99. The van der Waals surface area contributed by atoms with Crippen molar-refractivity contribution < 1.29 is 9.53 Å². The summed E-state index contributed by atoms with van der Waals surface area (Å²) in [5.74, 6) is -0.169. The minimum Gasteiger partial charge on any atom is -0.465 e. The fourth-order valence-electron chi connectivity index (χ4n) is 1.71. The molecule has 6 nitrogen and oxygen atoms in total. The van der Waals surface area contributed by atoms with Gasteiger partial charge in [0.15, 0.2) is 0 Å². The van der Waals surface area contributed by atoms with E-state index in [1.165, 1.54) is 7.11 Å². The Hall–Kier alpha value is -2.29. The molecule has 0 aliphatic rings. The van der Waals surface area contributed by atoms with E-state index < -0.39 is 5.97 Å². The lowest BCUT2D eigenvalue weighted by Crippen LogP contribution is -2.14. The van der Waals surface area contributed by atoms with Crippen LogP contribution in [0.4, 0.5) is 11.5 Å². The number of carbonyl (C=O) groups is 1. The molecule has 0 fully saturated rings. The van der Waals surface area contributed by atoms with Crippen molar-refractivity contribution in [3.63, 3.8) is 0 Å². The summed E-state index contributed by atoms with van der Waals surface area (Å²) in [6, 6.07) is 1.98. The maximum absolute atomic E-state index is 11.6. The van der Waals surface area contributed by atoms with E-state index in [2.05, 4.69) is 22.0 Å². The molecular formula is C13H18N4O2. The van der Waals surface area contributed by atoms with Crippen LogP contribution in [0.3, 0.4) is 0 Å². The molecule has 3 N–H and O–H groups in total. The number of ether oxygens (including phenoxy) is 1. The Morgan fingerprint density at radius 1 is 1.58 bits per heavy atom. The zero-order valence-corrected chi connectivity index (χ0v) is 11.4. The number of hydrogen-bond donors (Lipinski definition) is 2. The third kappa shape index (κ3) is 3.13. The highest BCUT2D eigenvalue weighted by Gasteiger charge is 2.21. The number of aryl methyl sites for hydroxylation is 1. The first-order valence-electron chi connectivity index (χ1n) is 6.09. The van der Waals surface area contributed by atoms with Crippen LogP contribution in [0.15, 0.2) is 0 Å². The first-order chi connectivity index (χ1) is 9.06. The Bertz CT molecular complexity index is 520. The molecule has 0 bridgehead atoms. The summed E-state index contributed by atoms with van der Waals surface area (Å²) in [5, 5.41) is 12.2. The van der Waals surface area contributed by atoms with Crippen molar-refractivity contribution in [3.8, 4) is 6.07 Å². The molecule has 0 spiro atoms. The second-order valence-electron chi connectivity index (χ2n) is 4.09. The lowest BCUT2D eigenvalue weighted by atomic mass is 10.1. The highest BCUT2D eigenvalue weighted by molar-refractivity contribution is 5.98. The number of nitriles is 1. The molecule has 1 rings (SSSR count). The van der Waals surface area contributed by atoms with E-state index >= 15 is 0 Å². The number of carbonyl (C=O) groups excluding carboxylic acids is 1. The van der Waals surface area contributed by atoms with Crippen LogP contribution < -0.4 is 11.1 Å². The van der Waals surface area contributed by atoms with E-state index in [1.807, 2.05) is 6.07 Å². The molecule has 1 aromatic heterocycles. The first kappa shape index (κ1) is 14.8. The van der Waals surface area contributed by atoms with Crippen LogP contribution in [0.25, 0.3) is 0 Å². The van der Waals surface area contributed by atoms with Gasteiger partial charge in [0.25, 0.3) is 0 Å². The molecule has 0 unspecified atom stereocenters. The van der Waals surface area contributed by atoms with Gasteiger partial charge in [0.2, 0.25) is 0 Å². The van der Waals surface area contributed by atoms with Gasteiger partial charge in [0.05, 0.1) is 18.5 Å². The van der Waals surface area contributed by atoms with E-state index in [-0.39, 0.29) is 16.8 Å². The Balaban J connectivity index is 3.23. The van der Waals surface area contributed by atoms with Crippen molar-refractivity contribution in [2.24, 2.45) is 0 Å². The van der Waals surface area contributed by atoms with Crippen molar-refractivity contribution in [1.82, 2.24) is 4.98 Å². The van der Waals surface area contributed by atoms with Crippen LogP contribution >= 0.6 is 0 Å². The molecule has 1 heterocycles. The fraction of sp³-hybridized carbons (Fsp3) is 0.462. The molecule has 19 heavy (non-hydrogen) atoms. The molecule has 0 aliphatic heterocycles. The van der Waals surface area contributed by atoms with E-state index in [9.17, 15) is 4.79 Å². The predicted octanol–water partition coefficient (Wildman–Crippen LogP) is 1.84. The molecule has 0 aliphatic carbocycles. The second-order valence-corrected chi connectivity index (χ2v) is 4.09. The van der Waals surface area contributed by atoms with Crippen molar-refractivity contribution >= 4 is 17.5 Å². The summed E-state index contributed by atoms with van der Waals surface area (Å²) in [5.41, 5.74) is 6.77. The number of unbranched alkanes of at least 4 members (excludes halogenated alkanes) is 1. The minimum atomic E-state index is -0.584. The molecule has 0 amide bonds. The van der Waals surface area contributed by atoms with Gasteiger partial charge in [-0.3, -0.25) is 0 Å². The minimum absolute atomic E-state index is 0.112. The third-order valence-electron chi connectivity index (χ3n) is 2.74. The number of nitrogens with zero attached hydrogens (tertiary/aromatic N) is 2. The number of rotatable bonds is 5. The van der Waals surface area contributed by atoms with Crippen molar-refractivity contribution in [2.45, 2.75) is 26.7 Å². The summed E-state index contributed by atoms with van der Waals surface area (Å²) >= 11 is 0. The van der Waals surface area contributed by atoms with Crippen LogP contribution in [0.1, 0.15) is 41.4 Å². The van der Waals surface area contributed by atoms with Crippen LogP contribution in [0.5, 0.6) is 0 Å². The molecule has 6 heteroatoms. The van der Waals surface area contributed by atoms with Crippen LogP contribution in [0, 0.1) is 18.3 Å². The molecule has 0 saturated carbocycles. The molecular weight excluding hydrogens is 244 g/mol. The number of hydrogen-bond acceptors (Lipinski definition) is 6. The van der Waals surface area contributed by atoms with E-state index in [1.54, 1.807) is 6.92 Å². The lowest BCUT2D eigenvalue weighted by molar-refractivity contribution is 0.0600. The van der Waals surface area contributed by atoms with Gasteiger partial charge >= 0.3 is 5.97 Å². The summed E-state index contributed by atoms with van der Waals surface area (Å²) < 4.78 is 4.65. The predicted molar refractivity (Wildman–Crippen MR) is 72.8 cm³/mol. The lowest BCUT2D eigenvalue weighted by Gasteiger charge is -2.13. The molecule has 1 aromatic rings. The number of anilines is 2. The van der Waals surface area contributed by atoms with E-state index in [0.29, 0.717) is 18.1 Å². The number of aromatic nitrogens is 1. The number of pyridine rings is 1. The largest absolute Gasteiger partial charge is 0.465 e. The molecule has 102 valence electrons. The van der Waals surface area contributed by atoms with Gasteiger partial charge in [-0.1, -0.05) is 13.3 Å². The SMILES string of the molecule is CCCCNc1nc(C)c(C(=O)OC)c(N)c1C#N. The van der Waals surface area contributed by atoms with Crippen molar-refractivity contribution in [1.29, 1.82) is 5.26 Å². The average molecular weight is 262 g/mol. The Morgan fingerprint density at radius 3 is 2.79 bits per heavy atom. The maximum atomic E-state index is 11.6. The van der Waals surface area contributed by atoms with Crippen LogP contribution in [0.2, 0.25) is 0 Å². The van der Waals surface area contributed by atoms with Crippen molar-refractivity contribution in [2.75, 3.05) is 24.7 Å². The van der Waals surface area contributed by atoms with Crippen molar-refractivity contribution in [3.05, 3.63) is 16.8 Å². The summed E-state index contributed by atoms with van der Waals surface area (Å²) in [6.45, 7) is 4.43. The molecule has 0 aromatic carbocycles. The number of nitrogens with two attached hydrogens (primary N) is 1. The highest BCUT2D eigenvalue weighted by atomic mass is 16.5. The van der Waals surface area contributed by atoms with E-state index in [0.717, 1.165) is 12.8 Å². The maximum Gasteiger partial charge on any atom is 0.341 e. The summed E-state index contributed by atoms with van der Waals surface area (Å²) in [4.78, 5) is 15.9. The van der Waals surface area contributed by atoms with Gasteiger partial charge in [-0.15, -0.1) is 0 Å². The van der Waals surface area contributed by atoms with Gasteiger partial charge in [0, 0.05) is 6.54 Å². The van der Waals surface area contributed by atoms with E-state index in [4.69, 9.17) is 11.0 Å². The Morgan fingerprint density at radius 2 is 2.26 bits per heavy atom. The number of methoxy groups -OCH3 is 1. The Kier molecular flexibility index (Phi) is 5.12. The van der Waals surface area contributed by atoms with Crippen LogP contribution in [-0.4, -0.2) is 24.6 Å². The van der Waals surface area contributed by atoms with Gasteiger partial charge in [-0.2, -0.15) is 5.26 Å². The average Bonchev–Trinajstić information content (AvgIpc) is 2.38. The zero-order valence-electron chi connectivity index (χ0n) is 11.4. The van der Waals surface area contributed by atoms with Gasteiger partial charge in [-0.25, -0.2) is 9.78 Å². The highest BCUT2D eigenvalue weighted by Crippen LogP contribution is 2.26. The molecule has 0 radical (unpaired) electrons. The van der Waals surface area contributed by atoms with Gasteiger partial charge in [-0.05, 0) is 13.3 Å². The standard InChI is InChI=1S/C13H18N4O2/c1-4-5-6-16-12-9(7-14)11(15)10(8(2)17-12)13(18)19-3/h4-6H2,1-3H3,(H3,15,16,17).